The van der Waals surface area contributed by atoms with Crippen molar-refractivity contribution in [2.75, 3.05) is 13.2 Å². The molecule has 0 saturated heterocycles. The second-order valence-corrected chi connectivity index (χ2v) is 18.5. The number of hydrogen-bond acceptors (Lipinski definition) is 6. The second kappa shape index (κ2) is 53.0. The van der Waals surface area contributed by atoms with Crippen LogP contribution in [0.3, 0.4) is 0 Å². The smallest absolute Gasteiger partial charge is 0.306 e. The summed E-state index contributed by atoms with van der Waals surface area (Å²) in [5.41, 5.74) is 0. The Morgan fingerprint density at radius 3 is 0.969 bits per heavy atom. The van der Waals surface area contributed by atoms with Crippen molar-refractivity contribution in [3.05, 3.63) is 48.6 Å². The number of hydrogen-bond donors (Lipinski definition) is 0. The van der Waals surface area contributed by atoms with Crippen LogP contribution in [0.2, 0.25) is 0 Å². The largest absolute Gasteiger partial charge is 0.462 e. The van der Waals surface area contributed by atoms with Crippen LogP contribution in [0.4, 0.5) is 0 Å². The molecule has 0 aliphatic carbocycles. The first kappa shape index (κ1) is 61.4. The summed E-state index contributed by atoms with van der Waals surface area (Å²) in [5.74, 6) is -0.894. The number of unbranched alkanes of at least 4 members (excludes halogenated alkanes) is 31. The summed E-state index contributed by atoms with van der Waals surface area (Å²) in [6, 6.07) is 0. The zero-order chi connectivity index (χ0) is 46.5. The number of esters is 3. The molecule has 0 aliphatic heterocycles. The summed E-state index contributed by atoms with van der Waals surface area (Å²) >= 11 is 0. The normalized spacial score (nSPS) is 12.4. The summed E-state index contributed by atoms with van der Waals surface area (Å²) in [7, 11) is 0. The molecule has 64 heavy (non-hydrogen) atoms. The van der Waals surface area contributed by atoms with Crippen molar-refractivity contribution < 1.29 is 28.6 Å². The van der Waals surface area contributed by atoms with Gasteiger partial charge < -0.3 is 14.2 Å². The predicted molar refractivity (Wildman–Crippen MR) is 275 cm³/mol. The molecule has 0 aromatic carbocycles. The Bertz CT molecular complexity index is 1120. The van der Waals surface area contributed by atoms with Crippen LogP contribution in [0, 0.1) is 0 Å². The van der Waals surface area contributed by atoms with E-state index < -0.39 is 6.10 Å². The summed E-state index contributed by atoms with van der Waals surface area (Å²) in [5, 5.41) is 0. The molecule has 0 N–H and O–H groups in total. The number of carbonyl (C=O) groups is 3. The average Bonchev–Trinajstić information content (AvgIpc) is 3.29. The van der Waals surface area contributed by atoms with E-state index in [9.17, 15) is 14.4 Å². The van der Waals surface area contributed by atoms with Crippen LogP contribution < -0.4 is 0 Å². The fourth-order valence-corrected chi connectivity index (χ4v) is 7.92. The van der Waals surface area contributed by atoms with Gasteiger partial charge in [-0.2, -0.15) is 0 Å². The highest BCUT2D eigenvalue weighted by Gasteiger charge is 2.19. The van der Waals surface area contributed by atoms with E-state index in [-0.39, 0.29) is 31.1 Å². The Balaban J connectivity index is 4.39. The topological polar surface area (TPSA) is 78.9 Å². The second-order valence-electron chi connectivity index (χ2n) is 18.5. The maximum absolute atomic E-state index is 12.8. The molecule has 0 unspecified atom stereocenters. The Hall–Kier alpha value is -2.63. The average molecular weight is 897 g/mol. The van der Waals surface area contributed by atoms with Gasteiger partial charge in [0.1, 0.15) is 13.2 Å². The van der Waals surface area contributed by atoms with Crippen molar-refractivity contribution in [3.8, 4) is 0 Å². The van der Waals surface area contributed by atoms with Gasteiger partial charge in [-0.15, -0.1) is 0 Å². The van der Waals surface area contributed by atoms with E-state index in [1.165, 1.54) is 141 Å². The van der Waals surface area contributed by atoms with Gasteiger partial charge in [0.15, 0.2) is 6.10 Å². The maximum Gasteiger partial charge on any atom is 0.306 e. The highest BCUT2D eigenvalue weighted by atomic mass is 16.6. The lowest BCUT2D eigenvalue weighted by molar-refractivity contribution is -0.167. The molecule has 0 bridgehead atoms. The Morgan fingerprint density at radius 1 is 0.328 bits per heavy atom. The first-order chi connectivity index (χ1) is 31.5. The number of carbonyl (C=O) groups excluding carboxylic acids is 3. The van der Waals surface area contributed by atoms with Gasteiger partial charge in [-0.25, -0.2) is 0 Å². The standard InChI is InChI=1S/C58H104O6/c1-4-7-10-13-16-19-22-25-28-31-33-36-39-42-45-48-51-57(60)63-54-55(64-58(61)52-49-46-43-40-37-34-30-27-24-21-18-15-12-9-6-3)53-62-56(59)50-47-44-41-38-35-32-29-26-23-20-17-14-11-8-5-2/h9,12,18,21,26-27,29-30,55H,4-8,10-11,13-17,19-20,22-25,28,31-54H2,1-3H3/b12-9-,21-18-,29-26-,30-27-/t55-/m1/s1. The first-order valence-corrected chi connectivity index (χ1v) is 27.6. The SMILES string of the molecule is CC/C=C\C/C=C\C/C=C\CCCCCCCC(=O)O[C@H](COC(=O)CCCCCCC/C=C\CCCCCCCC)COC(=O)CCCCCCCCCCCCCCCCCC. The Morgan fingerprint density at radius 2 is 0.609 bits per heavy atom. The third-order valence-electron chi connectivity index (χ3n) is 12.1. The van der Waals surface area contributed by atoms with Gasteiger partial charge >= 0.3 is 17.9 Å². The van der Waals surface area contributed by atoms with Gasteiger partial charge in [0.25, 0.3) is 0 Å². The lowest BCUT2D eigenvalue weighted by atomic mass is 10.0. The van der Waals surface area contributed by atoms with Crippen LogP contribution in [-0.4, -0.2) is 37.2 Å². The van der Waals surface area contributed by atoms with Crippen LogP contribution >= 0.6 is 0 Å². The number of allylic oxidation sites excluding steroid dienone is 8. The van der Waals surface area contributed by atoms with Crippen LogP contribution in [0.15, 0.2) is 48.6 Å². The minimum atomic E-state index is -0.783. The molecule has 1 atom stereocenters. The molecule has 0 radical (unpaired) electrons. The van der Waals surface area contributed by atoms with Crippen molar-refractivity contribution in [3.63, 3.8) is 0 Å². The maximum atomic E-state index is 12.8. The molecule has 0 spiro atoms. The molecule has 372 valence electrons. The van der Waals surface area contributed by atoms with Gasteiger partial charge in [-0.3, -0.25) is 14.4 Å². The molecule has 0 aliphatic rings. The van der Waals surface area contributed by atoms with Crippen LogP contribution in [0.25, 0.3) is 0 Å². The van der Waals surface area contributed by atoms with E-state index in [0.29, 0.717) is 19.3 Å². The fourth-order valence-electron chi connectivity index (χ4n) is 7.92. The molecule has 0 aromatic heterocycles. The van der Waals surface area contributed by atoms with Crippen molar-refractivity contribution >= 4 is 17.9 Å². The van der Waals surface area contributed by atoms with E-state index in [0.717, 1.165) is 103 Å². The van der Waals surface area contributed by atoms with Crippen molar-refractivity contribution in [1.82, 2.24) is 0 Å². The molecule has 0 heterocycles. The summed E-state index contributed by atoms with van der Waals surface area (Å²) in [6.07, 6.45) is 63.8. The quantitative estimate of drug-likeness (QED) is 0.0262. The van der Waals surface area contributed by atoms with E-state index in [2.05, 4.69) is 69.4 Å². The molecule has 0 aromatic rings. The monoisotopic (exact) mass is 897 g/mol. The lowest BCUT2D eigenvalue weighted by Crippen LogP contribution is -2.30. The van der Waals surface area contributed by atoms with Gasteiger partial charge in [0, 0.05) is 19.3 Å². The summed E-state index contributed by atoms with van der Waals surface area (Å²) < 4.78 is 16.8. The third kappa shape index (κ3) is 50.4. The number of ether oxygens (including phenoxy) is 3. The molecule has 0 saturated carbocycles. The molecular weight excluding hydrogens is 793 g/mol. The van der Waals surface area contributed by atoms with Crippen molar-refractivity contribution in [1.29, 1.82) is 0 Å². The van der Waals surface area contributed by atoms with Crippen molar-refractivity contribution in [2.45, 2.75) is 290 Å². The molecular formula is C58H104O6. The summed E-state index contributed by atoms with van der Waals surface area (Å²) in [4.78, 5) is 38.1. The van der Waals surface area contributed by atoms with Crippen molar-refractivity contribution in [2.24, 2.45) is 0 Å². The van der Waals surface area contributed by atoms with Crippen LogP contribution in [0.5, 0.6) is 0 Å². The highest BCUT2D eigenvalue weighted by Crippen LogP contribution is 2.16. The van der Waals surface area contributed by atoms with E-state index in [4.69, 9.17) is 14.2 Å². The zero-order valence-electron chi connectivity index (χ0n) is 42.6. The van der Waals surface area contributed by atoms with Crippen LogP contribution in [0.1, 0.15) is 284 Å². The molecule has 0 amide bonds. The highest BCUT2D eigenvalue weighted by molar-refractivity contribution is 5.71. The Labute approximate surface area is 397 Å². The van der Waals surface area contributed by atoms with Gasteiger partial charge in [0.05, 0.1) is 0 Å². The minimum Gasteiger partial charge on any atom is -0.462 e. The van der Waals surface area contributed by atoms with E-state index >= 15 is 0 Å². The third-order valence-corrected chi connectivity index (χ3v) is 12.1. The van der Waals surface area contributed by atoms with Gasteiger partial charge in [-0.1, -0.05) is 236 Å². The molecule has 6 nitrogen and oxygen atoms in total. The van der Waals surface area contributed by atoms with E-state index in [1.807, 2.05) is 0 Å². The first-order valence-electron chi connectivity index (χ1n) is 27.6. The predicted octanol–water partition coefficient (Wildman–Crippen LogP) is 18.3. The number of rotatable bonds is 50. The molecule has 0 rings (SSSR count). The summed E-state index contributed by atoms with van der Waals surface area (Å²) in [6.45, 7) is 6.53. The Kier molecular flexibility index (Phi) is 50.8. The molecule has 0 fully saturated rings. The van der Waals surface area contributed by atoms with Crippen LogP contribution in [-0.2, 0) is 28.6 Å². The fraction of sp³-hybridized carbons (Fsp3) is 0.810. The van der Waals surface area contributed by atoms with Gasteiger partial charge in [-0.05, 0) is 77.0 Å². The minimum absolute atomic E-state index is 0.0800. The van der Waals surface area contributed by atoms with E-state index in [1.54, 1.807) is 0 Å². The zero-order valence-corrected chi connectivity index (χ0v) is 42.6. The van der Waals surface area contributed by atoms with Gasteiger partial charge in [0.2, 0.25) is 0 Å². The lowest BCUT2D eigenvalue weighted by Gasteiger charge is -2.18. The molecule has 6 heteroatoms.